The predicted molar refractivity (Wildman–Crippen MR) is 121 cm³/mol. The van der Waals surface area contributed by atoms with E-state index in [0.29, 0.717) is 13.2 Å². The molecule has 1 N–H and O–H groups in total. The molecule has 0 spiro atoms. The van der Waals surface area contributed by atoms with Crippen LogP contribution in [0.2, 0.25) is 0 Å². The minimum atomic E-state index is -3.49. The molecule has 6 nitrogen and oxygen atoms in total. The van der Waals surface area contributed by atoms with E-state index in [4.69, 9.17) is 4.74 Å². The van der Waals surface area contributed by atoms with Crippen LogP contribution >= 0.6 is 23.7 Å². The Morgan fingerprint density at radius 3 is 2.48 bits per heavy atom. The minimum Gasteiger partial charge on any atom is -0.494 e. The number of hydrogen-bond acceptors (Lipinski definition) is 6. The molecular formula is C20H29ClN2O4S2. The molecule has 2 aromatic rings. The number of hydrogen-bond donors (Lipinski definition) is 1. The van der Waals surface area contributed by atoms with Crippen molar-refractivity contribution in [3.05, 3.63) is 52.2 Å². The van der Waals surface area contributed by atoms with Crippen molar-refractivity contribution < 1.29 is 17.9 Å². The number of carbonyl (C=O) groups is 1. The molecule has 0 saturated carbocycles. The molecule has 0 fully saturated rings. The first-order chi connectivity index (χ1) is 13.4. The zero-order valence-electron chi connectivity index (χ0n) is 16.8. The smallest absolute Gasteiger partial charge is 0.234 e. The molecule has 0 radical (unpaired) electrons. The largest absolute Gasteiger partial charge is 0.494 e. The van der Waals surface area contributed by atoms with Crippen LogP contribution in [0.3, 0.4) is 0 Å². The molecule has 0 unspecified atom stereocenters. The van der Waals surface area contributed by atoms with E-state index in [0.717, 1.165) is 37.9 Å². The maximum Gasteiger partial charge on any atom is 0.234 e. The normalized spacial score (nSPS) is 11.1. The third-order valence-corrected chi connectivity index (χ3v) is 5.65. The number of nitrogens with zero attached hydrogens (tertiary/aromatic N) is 1. The zero-order chi connectivity index (χ0) is 20.4. The molecule has 0 aliphatic carbocycles. The number of carbonyl (C=O) groups excluding carboxylic acids is 1. The van der Waals surface area contributed by atoms with Gasteiger partial charge in [0.15, 0.2) is 0 Å². The Hall–Kier alpha value is -1.61. The molecule has 9 heteroatoms. The molecule has 0 atom stereocenters. The summed E-state index contributed by atoms with van der Waals surface area (Å²) in [5.41, 5.74) is 1.26. The Morgan fingerprint density at radius 2 is 1.90 bits per heavy atom. The Bertz CT molecular complexity index is 825. The van der Waals surface area contributed by atoms with Crippen molar-refractivity contribution in [3.8, 4) is 5.75 Å². The van der Waals surface area contributed by atoms with Crippen molar-refractivity contribution in [2.24, 2.45) is 0 Å². The minimum absolute atomic E-state index is 0. The van der Waals surface area contributed by atoms with E-state index in [-0.39, 0.29) is 18.8 Å². The molecule has 0 aliphatic rings. The summed E-state index contributed by atoms with van der Waals surface area (Å²) in [6, 6.07) is 12.4. The van der Waals surface area contributed by atoms with Crippen LogP contribution < -0.4 is 9.46 Å². The van der Waals surface area contributed by atoms with Crippen molar-refractivity contribution in [2.75, 3.05) is 32.5 Å². The Labute approximate surface area is 183 Å². The predicted octanol–water partition coefficient (Wildman–Crippen LogP) is 3.32. The Morgan fingerprint density at radius 1 is 1.17 bits per heavy atom. The highest BCUT2D eigenvalue weighted by Gasteiger charge is 2.10. The number of halogens is 1. The molecule has 1 heterocycles. The summed E-state index contributed by atoms with van der Waals surface area (Å²) in [5.74, 6) is 0.380. The van der Waals surface area contributed by atoms with Gasteiger partial charge < -0.3 is 9.64 Å². The quantitative estimate of drug-likeness (QED) is 0.492. The highest BCUT2D eigenvalue weighted by atomic mass is 35.5. The molecule has 1 amide bonds. The lowest BCUT2D eigenvalue weighted by molar-refractivity contribution is -0.119. The SMILES string of the molecule is CCN(CCCOc1ccc(Cc2cccs2)cc1)CCC(=O)NS(C)(=O)=O.Cl. The van der Waals surface area contributed by atoms with Gasteiger partial charge in [0.05, 0.1) is 12.9 Å². The van der Waals surface area contributed by atoms with Gasteiger partial charge in [-0.05, 0) is 42.1 Å². The summed E-state index contributed by atoms with van der Waals surface area (Å²) in [5, 5.41) is 2.09. The molecule has 1 aromatic heterocycles. The maximum absolute atomic E-state index is 11.6. The van der Waals surface area contributed by atoms with Crippen LogP contribution in [-0.4, -0.2) is 51.7 Å². The lowest BCUT2D eigenvalue weighted by Crippen LogP contribution is -2.34. The van der Waals surface area contributed by atoms with E-state index in [9.17, 15) is 13.2 Å². The molecule has 0 aliphatic heterocycles. The molecule has 1 aromatic carbocycles. The third-order valence-electron chi connectivity index (χ3n) is 4.17. The monoisotopic (exact) mass is 460 g/mol. The number of nitrogens with one attached hydrogen (secondary N) is 1. The molecule has 0 saturated heterocycles. The molecular weight excluding hydrogens is 432 g/mol. The Kier molecular flexibility index (Phi) is 11.3. The number of ether oxygens (including phenoxy) is 1. The summed E-state index contributed by atoms with van der Waals surface area (Å²) < 4.78 is 29.9. The van der Waals surface area contributed by atoms with E-state index in [1.807, 2.05) is 23.8 Å². The number of rotatable bonds is 12. The van der Waals surface area contributed by atoms with Gasteiger partial charge in [0, 0.05) is 30.8 Å². The van der Waals surface area contributed by atoms with E-state index in [1.54, 1.807) is 11.3 Å². The second-order valence-electron chi connectivity index (χ2n) is 6.58. The molecule has 2 rings (SSSR count). The van der Waals surface area contributed by atoms with E-state index in [2.05, 4.69) is 34.5 Å². The van der Waals surface area contributed by atoms with Crippen molar-refractivity contribution >= 4 is 39.7 Å². The topological polar surface area (TPSA) is 75.7 Å². The second-order valence-corrected chi connectivity index (χ2v) is 9.36. The number of benzene rings is 1. The van der Waals surface area contributed by atoms with Gasteiger partial charge in [0.2, 0.25) is 15.9 Å². The van der Waals surface area contributed by atoms with Gasteiger partial charge in [-0.1, -0.05) is 25.1 Å². The lowest BCUT2D eigenvalue weighted by Gasteiger charge is -2.20. The van der Waals surface area contributed by atoms with Gasteiger partial charge in [-0.15, -0.1) is 23.7 Å². The van der Waals surface area contributed by atoms with E-state index < -0.39 is 15.9 Å². The van der Waals surface area contributed by atoms with Crippen LogP contribution in [0.4, 0.5) is 0 Å². The molecule has 29 heavy (non-hydrogen) atoms. The van der Waals surface area contributed by atoms with Gasteiger partial charge in [0.25, 0.3) is 0 Å². The van der Waals surface area contributed by atoms with Crippen molar-refractivity contribution in [2.45, 2.75) is 26.2 Å². The van der Waals surface area contributed by atoms with Crippen LogP contribution in [0.15, 0.2) is 41.8 Å². The first-order valence-corrected chi connectivity index (χ1v) is 12.1. The average molecular weight is 461 g/mol. The van der Waals surface area contributed by atoms with Crippen LogP contribution in [0, 0.1) is 0 Å². The second kappa shape index (κ2) is 12.8. The van der Waals surface area contributed by atoms with Gasteiger partial charge in [-0.3, -0.25) is 9.52 Å². The van der Waals surface area contributed by atoms with Crippen molar-refractivity contribution in [1.82, 2.24) is 9.62 Å². The fourth-order valence-electron chi connectivity index (χ4n) is 2.74. The van der Waals surface area contributed by atoms with Gasteiger partial charge in [-0.25, -0.2) is 8.42 Å². The van der Waals surface area contributed by atoms with Gasteiger partial charge in [-0.2, -0.15) is 0 Å². The fourth-order valence-corrected chi connectivity index (χ4v) is 4.00. The summed E-state index contributed by atoms with van der Waals surface area (Å²) in [7, 11) is -3.49. The van der Waals surface area contributed by atoms with Crippen molar-refractivity contribution in [3.63, 3.8) is 0 Å². The van der Waals surface area contributed by atoms with Gasteiger partial charge in [0.1, 0.15) is 5.75 Å². The number of thiophene rings is 1. The first-order valence-electron chi connectivity index (χ1n) is 9.33. The summed E-state index contributed by atoms with van der Waals surface area (Å²) >= 11 is 1.76. The summed E-state index contributed by atoms with van der Waals surface area (Å²) in [4.78, 5) is 15.0. The van der Waals surface area contributed by atoms with Crippen LogP contribution in [0.5, 0.6) is 5.75 Å². The highest BCUT2D eigenvalue weighted by molar-refractivity contribution is 7.89. The Balaban J connectivity index is 0.00000420. The third kappa shape index (κ3) is 10.7. The maximum atomic E-state index is 11.6. The fraction of sp³-hybridized carbons (Fsp3) is 0.450. The lowest BCUT2D eigenvalue weighted by atomic mass is 10.1. The number of amides is 1. The van der Waals surface area contributed by atoms with Crippen LogP contribution in [0.1, 0.15) is 30.2 Å². The molecule has 0 bridgehead atoms. The first kappa shape index (κ1) is 25.4. The van der Waals surface area contributed by atoms with Crippen LogP contribution in [-0.2, 0) is 21.2 Å². The summed E-state index contributed by atoms with van der Waals surface area (Å²) in [6.07, 6.45) is 2.91. The molecule has 162 valence electrons. The average Bonchev–Trinajstić information content (AvgIpc) is 3.14. The summed E-state index contributed by atoms with van der Waals surface area (Å²) in [6.45, 7) is 4.72. The van der Waals surface area contributed by atoms with E-state index >= 15 is 0 Å². The highest BCUT2D eigenvalue weighted by Crippen LogP contribution is 2.18. The zero-order valence-corrected chi connectivity index (χ0v) is 19.2. The van der Waals surface area contributed by atoms with E-state index in [1.165, 1.54) is 10.4 Å². The van der Waals surface area contributed by atoms with Gasteiger partial charge >= 0.3 is 0 Å². The van der Waals surface area contributed by atoms with Crippen molar-refractivity contribution in [1.29, 1.82) is 0 Å². The van der Waals surface area contributed by atoms with Crippen LogP contribution in [0.25, 0.3) is 0 Å². The standard InChI is InChI=1S/C20H28N2O4S2.ClH/c1-3-22(13-11-20(23)21-28(2,24)25)12-5-14-26-18-9-7-17(8-10-18)16-19-6-4-15-27-19;/h4,6-10,15H,3,5,11-14,16H2,1-2H3,(H,21,23);1H. The number of sulfonamides is 1.